The van der Waals surface area contributed by atoms with Crippen molar-refractivity contribution in [1.82, 2.24) is 19.7 Å². The molecule has 2 aromatic rings. The summed E-state index contributed by atoms with van der Waals surface area (Å²) in [7, 11) is 3.57. The summed E-state index contributed by atoms with van der Waals surface area (Å²) in [4.78, 5) is 29.7. The molecular weight excluding hydrogens is 424 g/mol. The molecule has 0 aromatic carbocycles. The van der Waals surface area contributed by atoms with E-state index in [1.54, 1.807) is 29.0 Å². The van der Waals surface area contributed by atoms with Gasteiger partial charge in [0.15, 0.2) is 0 Å². The largest absolute Gasteiger partial charge is 0.489 e. The lowest BCUT2D eigenvalue weighted by Gasteiger charge is -2.27. The highest BCUT2D eigenvalue weighted by Crippen LogP contribution is 2.32. The van der Waals surface area contributed by atoms with Crippen LogP contribution in [0.5, 0.6) is 5.75 Å². The number of aryl methyl sites for hydroxylation is 1. The highest BCUT2D eigenvalue weighted by Gasteiger charge is 2.28. The number of aromatic nitrogens is 3. The lowest BCUT2D eigenvalue weighted by atomic mass is 9.87. The molecule has 0 radical (unpaired) electrons. The Morgan fingerprint density at radius 3 is 2.73 bits per heavy atom. The SMILES string of the molecule is CN(CCC1CC1)C(=O)OCc1c(-c2ccc(O[C@H]3CCCC(C(=O)O)C3)cn2)cnn1C. The number of hydrogen-bond acceptors (Lipinski definition) is 6. The number of aliphatic carboxylic acids is 1. The van der Waals surface area contributed by atoms with Crippen LogP contribution in [-0.4, -0.2) is 56.5 Å². The summed E-state index contributed by atoms with van der Waals surface area (Å²) in [5.74, 6) is 0.280. The molecule has 2 aliphatic rings. The molecule has 0 aliphatic heterocycles. The zero-order chi connectivity index (χ0) is 23.4. The van der Waals surface area contributed by atoms with Crippen molar-refractivity contribution in [3.05, 3.63) is 30.2 Å². The number of ether oxygens (including phenoxy) is 2. The quantitative estimate of drug-likeness (QED) is 0.610. The van der Waals surface area contributed by atoms with E-state index in [4.69, 9.17) is 9.47 Å². The van der Waals surface area contributed by atoms with Crippen LogP contribution >= 0.6 is 0 Å². The molecule has 4 rings (SSSR count). The van der Waals surface area contributed by atoms with Gasteiger partial charge >= 0.3 is 12.1 Å². The van der Waals surface area contributed by atoms with E-state index < -0.39 is 5.97 Å². The lowest BCUT2D eigenvalue weighted by molar-refractivity contribution is -0.143. The van der Waals surface area contributed by atoms with Crippen LogP contribution in [0.3, 0.4) is 0 Å². The average molecular weight is 457 g/mol. The van der Waals surface area contributed by atoms with Gasteiger partial charge in [-0.1, -0.05) is 12.8 Å². The molecule has 2 saturated carbocycles. The Balaban J connectivity index is 1.35. The van der Waals surface area contributed by atoms with Crippen molar-refractivity contribution in [2.24, 2.45) is 18.9 Å². The molecule has 0 spiro atoms. The van der Waals surface area contributed by atoms with E-state index in [1.807, 2.05) is 19.2 Å². The first-order chi connectivity index (χ1) is 15.9. The fourth-order valence-corrected chi connectivity index (χ4v) is 4.24. The highest BCUT2D eigenvalue weighted by molar-refractivity contribution is 5.70. The molecule has 2 heterocycles. The predicted octanol–water partition coefficient (Wildman–Crippen LogP) is 3.87. The number of amides is 1. The van der Waals surface area contributed by atoms with Crippen LogP contribution in [0.25, 0.3) is 11.3 Å². The Morgan fingerprint density at radius 2 is 2.03 bits per heavy atom. The Labute approximate surface area is 193 Å². The normalized spacial score (nSPS) is 20.3. The molecule has 2 atom stereocenters. The maximum atomic E-state index is 12.3. The maximum Gasteiger partial charge on any atom is 0.409 e. The molecule has 1 amide bonds. The van der Waals surface area contributed by atoms with Gasteiger partial charge in [0.2, 0.25) is 0 Å². The summed E-state index contributed by atoms with van der Waals surface area (Å²) in [6, 6.07) is 3.68. The lowest BCUT2D eigenvalue weighted by Crippen LogP contribution is -2.29. The van der Waals surface area contributed by atoms with Gasteiger partial charge in [0.1, 0.15) is 12.4 Å². The first-order valence-corrected chi connectivity index (χ1v) is 11.7. The van der Waals surface area contributed by atoms with Crippen molar-refractivity contribution in [3.63, 3.8) is 0 Å². The highest BCUT2D eigenvalue weighted by atomic mass is 16.6. The Kier molecular flexibility index (Phi) is 7.15. The average Bonchev–Trinajstić information content (AvgIpc) is 3.57. The molecule has 33 heavy (non-hydrogen) atoms. The number of nitrogens with zero attached hydrogens (tertiary/aromatic N) is 4. The zero-order valence-corrected chi connectivity index (χ0v) is 19.3. The van der Waals surface area contributed by atoms with Gasteiger partial charge < -0.3 is 19.5 Å². The van der Waals surface area contributed by atoms with Gasteiger partial charge in [-0.25, -0.2) is 4.79 Å². The van der Waals surface area contributed by atoms with E-state index in [9.17, 15) is 14.7 Å². The van der Waals surface area contributed by atoms with Crippen LogP contribution in [0.4, 0.5) is 4.79 Å². The van der Waals surface area contributed by atoms with Gasteiger partial charge in [-0.2, -0.15) is 5.10 Å². The van der Waals surface area contributed by atoms with Crippen molar-refractivity contribution in [1.29, 1.82) is 0 Å². The fraction of sp³-hybridized carbons (Fsp3) is 0.583. The Bertz CT molecular complexity index is 970. The molecule has 1 unspecified atom stereocenters. The predicted molar refractivity (Wildman–Crippen MR) is 121 cm³/mol. The van der Waals surface area contributed by atoms with Gasteiger partial charge in [0.25, 0.3) is 0 Å². The molecule has 0 bridgehead atoms. The van der Waals surface area contributed by atoms with Crippen molar-refractivity contribution in [2.75, 3.05) is 13.6 Å². The van der Waals surface area contributed by atoms with Crippen LogP contribution in [0.1, 0.15) is 50.6 Å². The summed E-state index contributed by atoms with van der Waals surface area (Å²) < 4.78 is 13.2. The zero-order valence-electron chi connectivity index (χ0n) is 19.3. The fourth-order valence-electron chi connectivity index (χ4n) is 4.24. The number of carbonyl (C=O) groups excluding carboxylic acids is 1. The van der Waals surface area contributed by atoms with Crippen molar-refractivity contribution in [3.8, 4) is 17.0 Å². The van der Waals surface area contributed by atoms with E-state index in [0.717, 1.165) is 36.4 Å². The molecular formula is C24H32N4O5. The topological polar surface area (TPSA) is 107 Å². The second-order valence-electron chi connectivity index (χ2n) is 9.16. The second kappa shape index (κ2) is 10.2. The van der Waals surface area contributed by atoms with E-state index in [-0.39, 0.29) is 24.7 Å². The minimum Gasteiger partial charge on any atom is -0.489 e. The second-order valence-corrected chi connectivity index (χ2v) is 9.16. The van der Waals surface area contributed by atoms with Gasteiger partial charge in [-0.05, 0) is 50.2 Å². The van der Waals surface area contributed by atoms with Gasteiger partial charge in [-0.15, -0.1) is 0 Å². The molecule has 178 valence electrons. The van der Waals surface area contributed by atoms with Crippen LogP contribution in [0.15, 0.2) is 24.5 Å². The molecule has 9 heteroatoms. The molecule has 0 saturated heterocycles. The number of carbonyl (C=O) groups is 2. The first-order valence-electron chi connectivity index (χ1n) is 11.7. The smallest absolute Gasteiger partial charge is 0.409 e. The maximum absolute atomic E-state index is 12.3. The summed E-state index contributed by atoms with van der Waals surface area (Å²) in [5, 5.41) is 13.6. The van der Waals surface area contributed by atoms with Crippen LogP contribution in [-0.2, 0) is 23.2 Å². The number of carboxylic acids is 1. The number of rotatable bonds is 9. The van der Waals surface area contributed by atoms with Gasteiger partial charge in [-0.3, -0.25) is 14.5 Å². The van der Waals surface area contributed by atoms with Gasteiger partial charge in [0, 0.05) is 26.2 Å². The summed E-state index contributed by atoms with van der Waals surface area (Å²) >= 11 is 0. The third-order valence-corrected chi connectivity index (χ3v) is 6.57. The molecule has 9 nitrogen and oxygen atoms in total. The first kappa shape index (κ1) is 23.1. The number of hydrogen-bond donors (Lipinski definition) is 1. The third kappa shape index (κ3) is 6.03. The standard InChI is InChI=1S/C24H32N4O5/c1-27(11-10-16-6-7-16)24(31)32-15-22-20(14-26-28(22)2)21-9-8-19(13-25-21)33-18-5-3-4-17(12-18)23(29)30/h8-9,13-14,16-18H,3-7,10-12,15H2,1-2H3,(H,29,30)/t17?,18-/m0/s1. The number of carboxylic acid groups (broad SMARTS) is 1. The van der Waals surface area contributed by atoms with E-state index >= 15 is 0 Å². The number of pyridine rings is 1. The summed E-state index contributed by atoms with van der Waals surface area (Å²) in [6.07, 6.45) is 9.38. The Morgan fingerprint density at radius 1 is 1.21 bits per heavy atom. The third-order valence-electron chi connectivity index (χ3n) is 6.57. The molecule has 2 aliphatic carbocycles. The van der Waals surface area contributed by atoms with E-state index in [2.05, 4.69) is 10.1 Å². The van der Waals surface area contributed by atoms with Crippen molar-refractivity contribution >= 4 is 12.1 Å². The van der Waals surface area contributed by atoms with Crippen molar-refractivity contribution < 1.29 is 24.2 Å². The monoisotopic (exact) mass is 456 g/mol. The van der Waals surface area contributed by atoms with Crippen LogP contribution < -0.4 is 4.74 Å². The minimum absolute atomic E-state index is 0.108. The van der Waals surface area contributed by atoms with Gasteiger partial charge in [0.05, 0.1) is 35.8 Å². The molecule has 1 N–H and O–H groups in total. The molecule has 2 aromatic heterocycles. The van der Waals surface area contributed by atoms with Crippen LogP contribution in [0, 0.1) is 11.8 Å². The van der Waals surface area contributed by atoms with Crippen molar-refractivity contribution in [2.45, 2.75) is 57.7 Å². The summed E-state index contributed by atoms with van der Waals surface area (Å²) in [5.41, 5.74) is 2.26. The van der Waals surface area contributed by atoms with Crippen LogP contribution in [0.2, 0.25) is 0 Å². The Hall–Kier alpha value is -3.10. The molecule has 2 fully saturated rings. The van der Waals surface area contributed by atoms with E-state index in [1.165, 1.54) is 12.8 Å². The summed E-state index contributed by atoms with van der Waals surface area (Å²) in [6.45, 7) is 0.815. The minimum atomic E-state index is -0.754. The van der Waals surface area contributed by atoms with E-state index in [0.29, 0.717) is 30.8 Å².